The first-order valence-corrected chi connectivity index (χ1v) is 5.94. The molecule has 0 radical (unpaired) electrons. The van der Waals surface area contributed by atoms with Gasteiger partial charge in [-0.1, -0.05) is 0 Å². The molecule has 6 heteroatoms. The number of nitrogens with zero attached hydrogens (tertiary/aromatic N) is 1. The zero-order chi connectivity index (χ0) is 14.1. The third-order valence-electron chi connectivity index (χ3n) is 2.86. The minimum absolute atomic E-state index is 0.0800. The Morgan fingerprint density at radius 3 is 2.44 bits per heavy atom. The van der Waals surface area contributed by atoms with E-state index in [2.05, 4.69) is 10.6 Å². The number of carbonyl (C=O) groups is 3. The van der Waals surface area contributed by atoms with Gasteiger partial charge in [0.25, 0.3) is 5.91 Å². The lowest BCUT2D eigenvalue weighted by atomic mass is 9.98. The topological polar surface area (TPSA) is 78.5 Å². The summed E-state index contributed by atoms with van der Waals surface area (Å²) >= 11 is 0. The fourth-order valence-electron chi connectivity index (χ4n) is 1.62. The maximum Gasteiger partial charge on any atom is 0.252 e. The molecule has 0 aliphatic carbocycles. The van der Waals surface area contributed by atoms with Crippen LogP contribution in [0.4, 0.5) is 0 Å². The van der Waals surface area contributed by atoms with E-state index in [0.717, 1.165) is 0 Å². The summed E-state index contributed by atoms with van der Waals surface area (Å²) in [5.41, 5.74) is -1.19. The number of amides is 3. The molecule has 0 unspecified atom stereocenters. The molecule has 0 spiro atoms. The van der Waals surface area contributed by atoms with Crippen LogP contribution in [0, 0.1) is 0 Å². The lowest BCUT2D eigenvalue weighted by Gasteiger charge is -2.40. The van der Waals surface area contributed by atoms with Crippen LogP contribution in [0.2, 0.25) is 0 Å². The zero-order valence-corrected chi connectivity index (χ0v) is 11.6. The molecule has 1 saturated heterocycles. The van der Waals surface area contributed by atoms with Gasteiger partial charge in [-0.15, -0.1) is 0 Å². The predicted octanol–water partition coefficient (Wildman–Crippen LogP) is -0.362. The van der Waals surface area contributed by atoms with Crippen LogP contribution in [0.15, 0.2) is 0 Å². The van der Waals surface area contributed by atoms with E-state index in [-0.39, 0.29) is 24.5 Å². The number of imide groups is 1. The van der Waals surface area contributed by atoms with Crippen molar-refractivity contribution in [3.8, 4) is 0 Å². The van der Waals surface area contributed by atoms with E-state index in [0.29, 0.717) is 0 Å². The molecule has 0 aromatic heterocycles. The van der Waals surface area contributed by atoms with Crippen LogP contribution >= 0.6 is 0 Å². The molecule has 1 rings (SSSR count). The van der Waals surface area contributed by atoms with E-state index in [4.69, 9.17) is 0 Å². The summed E-state index contributed by atoms with van der Waals surface area (Å²) in [7, 11) is 0. The molecule has 0 aromatic carbocycles. The van der Waals surface area contributed by atoms with Crippen molar-refractivity contribution >= 4 is 17.7 Å². The minimum Gasteiger partial charge on any atom is -0.318 e. The second-order valence-electron chi connectivity index (χ2n) is 6.02. The molecule has 2 N–H and O–H groups in total. The van der Waals surface area contributed by atoms with Crippen LogP contribution in [0.1, 0.15) is 34.6 Å². The molecular formula is C12H21N3O3. The van der Waals surface area contributed by atoms with E-state index in [9.17, 15) is 14.4 Å². The van der Waals surface area contributed by atoms with Crippen molar-refractivity contribution in [2.75, 3.05) is 13.1 Å². The molecule has 3 amide bonds. The second kappa shape index (κ2) is 4.68. The van der Waals surface area contributed by atoms with Crippen molar-refractivity contribution in [1.29, 1.82) is 0 Å². The molecule has 1 aliphatic rings. The standard InChI is InChI=1S/C12H21N3O3/c1-11(2,3)13-6-9(17)15-7-8(16)14-10(18)12(15,4)5/h13H,6-7H2,1-5H3,(H,14,16,18). The first-order valence-electron chi connectivity index (χ1n) is 5.94. The van der Waals surface area contributed by atoms with E-state index in [1.165, 1.54) is 4.90 Å². The zero-order valence-electron chi connectivity index (χ0n) is 11.6. The van der Waals surface area contributed by atoms with E-state index >= 15 is 0 Å². The molecule has 6 nitrogen and oxygen atoms in total. The molecule has 18 heavy (non-hydrogen) atoms. The highest BCUT2D eigenvalue weighted by atomic mass is 16.2. The normalized spacial score (nSPS) is 19.7. The van der Waals surface area contributed by atoms with Crippen LogP contribution in [-0.4, -0.2) is 46.8 Å². The average Bonchev–Trinajstić information content (AvgIpc) is 2.19. The van der Waals surface area contributed by atoms with Crippen molar-refractivity contribution in [1.82, 2.24) is 15.5 Å². The SMILES string of the molecule is CC(C)(C)NCC(=O)N1CC(=O)NC(=O)C1(C)C. The molecule has 0 bridgehead atoms. The molecule has 0 saturated carbocycles. The molecule has 1 heterocycles. The van der Waals surface area contributed by atoms with E-state index < -0.39 is 17.4 Å². The summed E-state index contributed by atoms with van der Waals surface area (Å²) in [5, 5.41) is 5.29. The molecular weight excluding hydrogens is 234 g/mol. The summed E-state index contributed by atoms with van der Waals surface area (Å²) in [6, 6.07) is 0. The third kappa shape index (κ3) is 3.29. The summed E-state index contributed by atoms with van der Waals surface area (Å²) in [6.45, 7) is 9.11. The Kier molecular flexibility index (Phi) is 3.81. The highest BCUT2D eigenvalue weighted by Crippen LogP contribution is 2.18. The van der Waals surface area contributed by atoms with Gasteiger partial charge in [0.15, 0.2) is 0 Å². The summed E-state index contributed by atoms with van der Waals surface area (Å²) in [4.78, 5) is 36.4. The van der Waals surface area contributed by atoms with Crippen molar-refractivity contribution in [3.05, 3.63) is 0 Å². The minimum atomic E-state index is -0.995. The largest absolute Gasteiger partial charge is 0.318 e. The van der Waals surface area contributed by atoms with Crippen molar-refractivity contribution in [3.63, 3.8) is 0 Å². The monoisotopic (exact) mass is 255 g/mol. The fraction of sp³-hybridized carbons (Fsp3) is 0.750. The quantitative estimate of drug-likeness (QED) is 0.660. The van der Waals surface area contributed by atoms with Gasteiger partial charge in [-0.05, 0) is 34.6 Å². The Bertz CT molecular complexity index is 383. The molecule has 102 valence electrons. The van der Waals surface area contributed by atoms with Crippen LogP contribution in [0.3, 0.4) is 0 Å². The Hall–Kier alpha value is -1.43. The van der Waals surface area contributed by atoms with Crippen molar-refractivity contribution < 1.29 is 14.4 Å². The first-order chi connectivity index (χ1) is 8.04. The first kappa shape index (κ1) is 14.6. The highest BCUT2D eigenvalue weighted by Gasteiger charge is 2.43. The predicted molar refractivity (Wildman–Crippen MR) is 66.7 cm³/mol. The van der Waals surface area contributed by atoms with Gasteiger partial charge in [0.05, 0.1) is 6.54 Å². The van der Waals surface area contributed by atoms with Gasteiger partial charge in [-0.3, -0.25) is 19.7 Å². The number of nitrogens with one attached hydrogen (secondary N) is 2. The Morgan fingerprint density at radius 1 is 1.39 bits per heavy atom. The van der Waals surface area contributed by atoms with Crippen molar-refractivity contribution in [2.45, 2.75) is 45.7 Å². The maximum absolute atomic E-state index is 12.1. The van der Waals surface area contributed by atoms with Gasteiger partial charge in [0, 0.05) is 5.54 Å². The number of rotatable bonds is 2. The van der Waals surface area contributed by atoms with Crippen LogP contribution < -0.4 is 10.6 Å². The third-order valence-corrected chi connectivity index (χ3v) is 2.86. The highest BCUT2D eigenvalue weighted by molar-refractivity contribution is 6.06. The second-order valence-corrected chi connectivity index (χ2v) is 6.02. The number of hydrogen-bond acceptors (Lipinski definition) is 4. The van der Waals surface area contributed by atoms with E-state index in [1.807, 2.05) is 20.8 Å². The van der Waals surface area contributed by atoms with Gasteiger partial charge in [-0.25, -0.2) is 0 Å². The lowest BCUT2D eigenvalue weighted by Crippen LogP contribution is -2.66. The smallest absolute Gasteiger partial charge is 0.252 e. The van der Waals surface area contributed by atoms with Gasteiger partial charge >= 0.3 is 0 Å². The van der Waals surface area contributed by atoms with Gasteiger partial charge < -0.3 is 10.2 Å². The summed E-state index contributed by atoms with van der Waals surface area (Å²) in [6.07, 6.45) is 0. The van der Waals surface area contributed by atoms with Gasteiger partial charge in [0.1, 0.15) is 12.1 Å². The summed E-state index contributed by atoms with van der Waals surface area (Å²) in [5.74, 6) is -1.13. The van der Waals surface area contributed by atoms with Crippen molar-refractivity contribution in [2.24, 2.45) is 0 Å². The Labute approximate surface area is 107 Å². The maximum atomic E-state index is 12.1. The molecule has 1 aliphatic heterocycles. The number of hydrogen-bond donors (Lipinski definition) is 2. The van der Waals surface area contributed by atoms with Gasteiger partial charge in [-0.2, -0.15) is 0 Å². The molecule has 0 atom stereocenters. The Morgan fingerprint density at radius 2 is 1.94 bits per heavy atom. The van der Waals surface area contributed by atoms with Crippen LogP contribution in [0.25, 0.3) is 0 Å². The average molecular weight is 255 g/mol. The number of piperazine rings is 1. The lowest BCUT2D eigenvalue weighted by molar-refractivity contribution is -0.155. The number of carbonyl (C=O) groups excluding carboxylic acids is 3. The fourth-order valence-corrected chi connectivity index (χ4v) is 1.62. The van der Waals surface area contributed by atoms with Crippen LogP contribution in [0.5, 0.6) is 0 Å². The van der Waals surface area contributed by atoms with Crippen LogP contribution in [-0.2, 0) is 14.4 Å². The van der Waals surface area contributed by atoms with E-state index in [1.54, 1.807) is 13.8 Å². The summed E-state index contributed by atoms with van der Waals surface area (Å²) < 4.78 is 0. The molecule has 0 aromatic rings. The molecule has 1 fully saturated rings. The van der Waals surface area contributed by atoms with Gasteiger partial charge in [0.2, 0.25) is 11.8 Å². The Balaban J connectivity index is 2.76.